The van der Waals surface area contributed by atoms with E-state index in [1.165, 1.54) is 0 Å². The van der Waals surface area contributed by atoms with Crippen LogP contribution in [0.15, 0.2) is 0 Å². The molecule has 0 heterocycles. The van der Waals surface area contributed by atoms with E-state index in [1.54, 1.807) is 0 Å². The number of rotatable bonds is 2. The standard InChI is InChI=1S/C2H9NO6P2/c4-10(5,6)1-3-2-11(7,8)9/h1-9H. The van der Waals surface area contributed by atoms with Crippen LogP contribution in [0.2, 0.25) is 0 Å². The molecular formula is C2H9NO6P2. The SMILES string of the molecule is OP(O)(O)=CNC=P(O)(O)O. The smallest absolute Gasteiger partial charge is 0.261 e. The first-order valence-electron chi connectivity index (χ1n) is 2.29. The third-order valence-corrected chi connectivity index (χ3v) is 1.49. The highest BCUT2D eigenvalue weighted by molar-refractivity contribution is 7.59. The van der Waals surface area contributed by atoms with Crippen LogP contribution in [0.1, 0.15) is 0 Å². The van der Waals surface area contributed by atoms with E-state index in [9.17, 15) is 0 Å². The summed E-state index contributed by atoms with van der Waals surface area (Å²) in [6.07, 6.45) is 0. The Morgan fingerprint density at radius 1 is 0.727 bits per heavy atom. The van der Waals surface area contributed by atoms with E-state index in [4.69, 9.17) is 29.4 Å². The van der Waals surface area contributed by atoms with E-state index < -0.39 is 15.1 Å². The molecule has 0 spiro atoms. The van der Waals surface area contributed by atoms with Gasteiger partial charge in [-0.05, 0) is 0 Å². The summed E-state index contributed by atoms with van der Waals surface area (Å²) in [5.74, 6) is 0.870. The van der Waals surface area contributed by atoms with Crippen LogP contribution in [0.5, 0.6) is 0 Å². The normalized spacial score (nSPS) is 12.9. The molecule has 0 aliphatic carbocycles. The van der Waals surface area contributed by atoms with Crippen LogP contribution in [-0.4, -0.2) is 41.2 Å². The van der Waals surface area contributed by atoms with Gasteiger partial charge >= 0.3 is 0 Å². The van der Waals surface area contributed by atoms with E-state index in [-0.39, 0.29) is 0 Å². The molecule has 0 radical (unpaired) electrons. The number of hydrogen-bond acceptors (Lipinski definition) is 6. The summed E-state index contributed by atoms with van der Waals surface area (Å²) in [7, 11) is -8.17. The van der Waals surface area contributed by atoms with Crippen molar-refractivity contribution in [3.05, 3.63) is 0 Å². The lowest BCUT2D eigenvalue weighted by Gasteiger charge is -2.03. The van der Waals surface area contributed by atoms with Crippen LogP contribution in [0.4, 0.5) is 0 Å². The maximum Gasteiger partial charge on any atom is 0.261 e. The number of nitrogens with one attached hydrogen (secondary N) is 1. The summed E-state index contributed by atoms with van der Waals surface area (Å²) in [5.41, 5.74) is 0. The molecule has 0 aromatic heterocycles. The van der Waals surface area contributed by atoms with Crippen LogP contribution < -0.4 is 5.32 Å². The molecule has 0 unspecified atom stereocenters. The Labute approximate surface area is 62.6 Å². The van der Waals surface area contributed by atoms with Crippen molar-refractivity contribution in [1.82, 2.24) is 5.32 Å². The summed E-state index contributed by atoms with van der Waals surface area (Å²) in [6, 6.07) is 0. The van der Waals surface area contributed by atoms with Gasteiger partial charge in [-0.15, -0.1) is 0 Å². The highest BCUT2D eigenvalue weighted by atomic mass is 31.2. The molecule has 7 N–H and O–H groups in total. The van der Waals surface area contributed by atoms with Crippen molar-refractivity contribution in [1.29, 1.82) is 0 Å². The molecule has 9 heteroatoms. The Hall–Kier alpha value is 0.320. The summed E-state index contributed by atoms with van der Waals surface area (Å²) < 4.78 is 0. The predicted molar refractivity (Wildman–Crippen MR) is 42.4 cm³/mol. The van der Waals surface area contributed by atoms with E-state index in [0.717, 1.165) is 0 Å². The molecule has 0 saturated heterocycles. The molecule has 0 atom stereocenters. The van der Waals surface area contributed by atoms with Gasteiger partial charge in [0.2, 0.25) is 0 Å². The van der Waals surface area contributed by atoms with Gasteiger partial charge in [0.15, 0.2) is 0 Å². The van der Waals surface area contributed by atoms with Crippen LogP contribution in [0.25, 0.3) is 0 Å². The zero-order chi connectivity index (χ0) is 9.12. The van der Waals surface area contributed by atoms with E-state index >= 15 is 0 Å². The molecule has 0 saturated carbocycles. The Morgan fingerprint density at radius 3 is 1.18 bits per heavy atom. The first-order valence-corrected chi connectivity index (χ1v) is 5.73. The van der Waals surface area contributed by atoms with Crippen LogP contribution in [0, 0.1) is 0 Å². The molecule has 0 aliphatic rings. The lowest BCUT2D eigenvalue weighted by molar-refractivity contribution is 0.359. The Balaban J connectivity index is 4.15. The highest BCUT2D eigenvalue weighted by Crippen LogP contribution is 2.29. The molecule has 0 rings (SSSR count). The Morgan fingerprint density at radius 2 is 1.00 bits per heavy atom. The van der Waals surface area contributed by atoms with Crippen molar-refractivity contribution in [2.45, 2.75) is 0 Å². The quantitative estimate of drug-likeness (QED) is 0.249. The summed E-state index contributed by atoms with van der Waals surface area (Å²) >= 11 is 0. The topological polar surface area (TPSA) is 133 Å². The molecule has 0 fully saturated rings. The first kappa shape index (κ1) is 11.3. The van der Waals surface area contributed by atoms with Gasteiger partial charge < -0.3 is 29.4 Å². The van der Waals surface area contributed by atoms with Crippen molar-refractivity contribution < 1.29 is 29.4 Å². The summed E-state index contributed by atoms with van der Waals surface area (Å²) in [6.45, 7) is 0. The Bertz CT molecular complexity index is 182. The van der Waals surface area contributed by atoms with E-state index in [0.29, 0.717) is 11.8 Å². The van der Waals surface area contributed by atoms with Gasteiger partial charge in [-0.1, -0.05) is 0 Å². The van der Waals surface area contributed by atoms with Crippen LogP contribution in [-0.2, 0) is 0 Å². The van der Waals surface area contributed by atoms with Gasteiger partial charge in [-0.3, -0.25) is 5.32 Å². The molecule has 0 aromatic carbocycles. The average molecular weight is 205 g/mol. The minimum absolute atomic E-state index is 0.435. The van der Waals surface area contributed by atoms with Crippen LogP contribution >= 0.6 is 15.1 Å². The van der Waals surface area contributed by atoms with Gasteiger partial charge in [0.05, 0.1) is 11.8 Å². The fraction of sp³-hybridized carbons (Fsp3) is 0. The van der Waals surface area contributed by atoms with E-state index in [2.05, 4.69) is 0 Å². The number of hydrogen-bond donors (Lipinski definition) is 7. The largest absolute Gasteiger partial charge is 0.332 e. The monoisotopic (exact) mass is 205 g/mol. The molecule has 11 heavy (non-hydrogen) atoms. The second-order valence-electron chi connectivity index (χ2n) is 1.65. The lowest BCUT2D eigenvalue weighted by atomic mass is 11.3. The van der Waals surface area contributed by atoms with Gasteiger partial charge in [0, 0.05) is 0 Å². The molecule has 7 nitrogen and oxygen atoms in total. The molecule has 0 aromatic rings. The average Bonchev–Trinajstić information content (AvgIpc) is 1.55. The van der Waals surface area contributed by atoms with Crippen LogP contribution in [0.3, 0.4) is 0 Å². The van der Waals surface area contributed by atoms with Gasteiger partial charge in [-0.25, -0.2) is 0 Å². The zero-order valence-corrected chi connectivity index (χ0v) is 7.02. The second kappa shape index (κ2) is 3.82. The summed E-state index contributed by atoms with van der Waals surface area (Å²) in [4.78, 5) is 49.6. The maximum absolute atomic E-state index is 8.27. The Kier molecular flexibility index (Phi) is 3.93. The zero-order valence-electron chi connectivity index (χ0n) is 5.23. The fourth-order valence-electron chi connectivity index (χ4n) is 0.233. The molecule has 0 aliphatic heterocycles. The van der Waals surface area contributed by atoms with E-state index in [1.807, 2.05) is 5.32 Å². The van der Waals surface area contributed by atoms with Crippen molar-refractivity contribution >= 4 is 27.0 Å². The third-order valence-electron chi connectivity index (χ3n) is 0.495. The van der Waals surface area contributed by atoms with Gasteiger partial charge in [0.1, 0.15) is 0 Å². The predicted octanol–water partition coefficient (Wildman–Crippen LogP) is -2.43. The van der Waals surface area contributed by atoms with Crippen molar-refractivity contribution in [3.8, 4) is 0 Å². The molecule has 0 amide bonds. The van der Waals surface area contributed by atoms with Gasteiger partial charge in [-0.2, -0.15) is 0 Å². The summed E-state index contributed by atoms with van der Waals surface area (Å²) in [5, 5.41) is 1.81. The minimum Gasteiger partial charge on any atom is -0.332 e. The minimum atomic E-state index is -4.08. The molecule has 0 bridgehead atoms. The second-order valence-corrected chi connectivity index (χ2v) is 4.63. The molecule has 68 valence electrons. The first-order chi connectivity index (χ1) is 4.71. The lowest BCUT2D eigenvalue weighted by Crippen LogP contribution is -2.10. The van der Waals surface area contributed by atoms with Crippen molar-refractivity contribution in [3.63, 3.8) is 0 Å². The van der Waals surface area contributed by atoms with Gasteiger partial charge in [0.25, 0.3) is 15.1 Å². The fourth-order valence-corrected chi connectivity index (χ4v) is 0.900. The maximum atomic E-state index is 8.27. The van der Waals surface area contributed by atoms with Crippen molar-refractivity contribution in [2.24, 2.45) is 0 Å². The third kappa shape index (κ3) is 10.3. The highest BCUT2D eigenvalue weighted by Gasteiger charge is 2.02. The molecular weight excluding hydrogens is 196 g/mol. The van der Waals surface area contributed by atoms with Crippen molar-refractivity contribution in [2.75, 3.05) is 0 Å².